The molecule has 0 amide bonds. The predicted molar refractivity (Wildman–Crippen MR) is 176 cm³/mol. The summed E-state index contributed by atoms with van der Waals surface area (Å²) in [5, 5.41) is 8.54. The van der Waals surface area contributed by atoms with Crippen molar-refractivity contribution in [2.75, 3.05) is 19.0 Å². The summed E-state index contributed by atoms with van der Waals surface area (Å²) in [6, 6.07) is 32.3. The first-order valence-corrected chi connectivity index (χ1v) is 14.8. The molecule has 5 nitrogen and oxygen atoms in total. The summed E-state index contributed by atoms with van der Waals surface area (Å²) in [4.78, 5) is 14.2. The zero-order valence-corrected chi connectivity index (χ0v) is 25.4. The minimum Gasteiger partial charge on any atom is -0.496 e. The molecule has 1 unspecified atom stereocenters. The highest BCUT2D eigenvalue weighted by atomic mass is 16.5. The fourth-order valence-electron chi connectivity index (χ4n) is 5.79. The van der Waals surface area contributed by atoms with E-state index in [9.17, 15) is 4.79 Å². The van der Waals surface area contributed by atoms with Gasteiger partial charge in [0.1, 0.15) is 17.4 Å². The van der Waals surface area contributed by atoms with Gasteiger partial charge in [-0.1, -0.05) is 107 Å². The number of rotatable bonds is 8. The van der Waals surface area contributed by atoms with Gasteiger partial charge in [0.05, 0.1) is 19.2 Å². The van der Waals surface area contributed by atoms with Gasteiger partial charge in [-0.25, -0.2) is 4.79 Å². The topological polar surface area (TPSA) is 60.7 Å². The lowest BCUT2D eigenvalue weighted by Crippen LogP contribution is -2.37. The maximum atomic E-state index is 14.2. The molecule has 0 spiro atoms. The van der Waals surface area contributed by atoms with Crippen LogP contribution < -0.4 is 10.1 Å². The number of benzene rings is 5. The first kappa shape index (κ1) is 28.4. The van der Waals surface area contributed by atoms with Gasteiger partial charge in [-0.05, 0) is 45.7 Å². The number of aryl methyl sites for hydroxylation is 1. The van der Waals surface area contributed by atoms with Gasteiger partial charge in [0.2, 0.25) is 0 Å². The lowest BCUT2D eigenvalue weighted by Gasteiger charge is -2.31. The van der Waals surface area contributed by atoms with Crippen LogP contribution in [0.15, 0.2) is 101 Å². The Bertz CT molecular complexity index is 1950. The third-order valence-electron chi connectivity index (χ3n) is 8.19. The molecule has 218 valence electrons. The number of para-hydroxylation sites is 1. The number of methoxy groups -OCH3 is 1. The van der Waals surface area contributed by atoms with Crippen LogP contribution in [0, 0.1) is 5.41 Å². The Morgan fingerprint density at radius 2 is 1.47 bits per heavy atom. The maximum absolute atomic E-state index is 14.2. The quantitative estimate of drug-likeness (QED) is 0.184. The van der Waals surface area contributed by atoms with Gasteiger partial charge in [0.25, 0.3) is 0 Å². The molecule has 1 heterocycles. The van der Waals surface area contributed by atoms with Crippen molar-refractivity contribution < 1.29 is 18.7 Å². The molecule has 0 radical (unpaired) electrons. The van der Waals surface area contributed by atoms with Gasteiger partial charge in [0.15, 0.2) is 5.88 Å². The number of nitrogens with one attached hydrogen (secondary N) is 1. The molecule has 0 saturated carbocycles. The van der Waals surface area contributed by atoms with Crippen molar-refractivity contribution >= 4 is 44.4 Å². The third-order valence-corrected chi connectivity index (χ3v) is 8.19. The maximum Gasteiger partial charge on any atom is 0.339 e. The Morgan fingerprint density at radius 1 is 0.814 bits per heavy atom. The number of carbonyl (C=O) groups is 1. The lowest BCUT2D eigenvalue weighted by atomic mass is 9.88. The van der Waals surface area contributed by atoms with Crippen LogP contribution in [-0.2, 0) is 11.2 Å². The van der Waals surface area contributed by atoms with Crippen LogP contribution in [0.4, 0.5) is 5.88 Å². The Hall–Kier alpha value is -4.77. The Kier molecular flexibility index (Phi) is 7.57. The minimum absolute atomic E-state index is 0.336. The number of carbonyl (C=O) groups excluding carboxylic acids is 1. The van der Waals surface area contributed by atoms with E-state index in [0.29, 0.717) is 23.7 Å². The molecule has 5 aromatic carbocycles. The molecule has 0 fully saturated rings. The molecule has 43 heavy (non-hydrogen) atoms. The van der Waals surface area contributed by atoms with Crippen molar-refractivity contribution in [2.24, 2.45) is 5.41 Å². The van der Waals surface area contributed by atoms with Gasteiger partial charge in [-0.15, -0.1) is 0 Å². The number of ether oxygens (including phenoxy) is 2. The molecule has 0 aliphatic heterocycles. The van der Waals surface area contributed by atoms with E-state index in [0.717, 1.165) is 55.6 Å². The molecule has 0 aliphatic carbocycles. The molecule has 5 heteroatoms. The molecule has 1 aromatic heterocycles. The SMILES string of the molecule is CCc1cccc2cc(NCC(OC(=O)c3ccc4ccccc4c3-c3c(OC)ccc4ccccc34)C(C)(C)C)oc12. The average Bonchev–Trinajstić information content (AvgIpc) is 3.44. The Labute approximate surface area is 252 Å². The first-order valence-electron chi connectivity index (χ1n) is 14.8. The molecule has 0 bridgehead atoms. The van der Waals surface area contributed by atoms with Crippen LogP contribution in [-0.4, -0.2) is 25.7 Å². The first-order chi connectivity index (χ1) is 20.8. The Morgan fingerprint density at radius 3 is 2.14 bits per heavy atom. The van der Waals surface area contributed by atoms with E-state index in [1.54, 1.807) is 7.11 Å². The normalized spacial score (nSPS) is 12.5. The molecule has 6 aromatic rings. The summed E-state index contributed by atoms with van der Waals surface area (Å²) in [7, 11) is 1.67. The van der Waals surface area contributed by atoms with Crippen molar-refractivity contribution in [2.45, 2.75) is 40.2 Å². The smallest absolute Gasteiger partial charge is 0.339 e. The largest absolute Gasteiger partial charge is 0.496 e. The molecule has 0 aliphatic rings. The van der Waals surface area contributed by atoms with E-state index in [2.05, 4.69) is 63.3 Å². The van der Waals surface area contributed by atoms with Crippen LogP contribution >= 0.6 is 0 Å². The van der Waals surface area contributed by atoms with E-state index >= 15 is 0 Å². The lowest BCUT2D eigenvalue weighted by molar-refractivity contribution is 0.00254. The summed E-state index contributed by atoms with van der Waals surface area (Å²) in [6.45, 7) is 8.76. The van der Waals surface area contributed by atoms with Crippen LogP contribution in [0.2, 0.25) is 0 Å². The second kappa shape index (κ2) is 11.5. The fourth-order valence-corrected chi connectivity index (χ4v) is 5.79. The number of furan rings is 1. The molecule has 1 atom stereocenters. The fraction of sp³-hybridized carbons (Fsp3) is 0.237. The summed E-state index contributed by atoms with van der Waals surface area (Å²) in [6.07, 6.45) is 0.454. The van der Waals surface area contributed by atoms with Gasteiger partial charge >= 0.3 is 5.97 Å². The van der Waals surface area contributed by atoms with E-state index in [4.69, 9.17) is 13.9 Å². The van der Waals surface area contributed by atoms with Crippen molar-refractivity contribution in [3.05, 3.63) is 108 Å². The van der Waals surface area contributed by atoms with Crippen LogP contribution in [0.25, 0.3) is 43.6 Å². The number of hydrogen-bond acceptors (Lipinski definition) is 5. The van der Waals surface area contributed by atoms with Gasteiger partial charge in [0, 0.05) is 28.0 Å². The zero-order chi connectivity index (χ0) is 30.1. The predicted octanol–water partition coefficient (Wildman–Crippen LogP) is 9.66. The van der Waals surface area contributed by atoms with E-state index in [1.807, 2.05) is 66.7 Å². The van der Waals surface area contributed by atoms with Crippen LogP contribution in [0.3, 0.4) is 0 Å². The van der Waals surface area contributed by atoms with Gasteiger partial charge < -0.3 is 19.2 Å². The van der Waals surface area contributed by atoms with Crippen molar-refractivity contribution in [1.82, 2.24) is 0 Å². The van der Waals surface area contributed by atoms with Gasteiger partial charge in [-0.2, -0.15) is 0 Å². The van der Waals surface area contributed by atoms with Crippen molar-refractivity contribution in [1.29, 1.82) is 0 Å². The van der Waals surface area contributed by atoms with Crippen molar-refractivity contribution in [3.8, 4) is 16.9 Å². The van der Waals surface area contributed by atoms with Crippen molar-refractivity contribution in [3.63, 3.8) is 0 Å². The highest BCUT2D eigenvalue weighted by Gasteiger charge is 2.31. The summed E-state index contributed by atoms with van der Waals surface area (Å²) in [5.74, 6) is 0.984. The highest BCUT2D eigenvalue weighted by molar-refractivity contribution is 6.14. The minimum atomic E-state index is -0.437. The van der Waals surface area contributed by atoms with E-state index in [-0.39, 0.29) is 11.4 Å². The average molecular weight is 572 g/mol. The molecule has 1 N–H and O–H groups in total. The summed E-state index contributed by atoms with van der Waals surface area (Å²) >= 11 is 0. The summed E-state index contributed by atoms with van der Waals surface area (Å²) < 4.78 is 18.4. The number of hydrogen-bond donors (Lipinski definition) is 1. The summed E-state index contributed by atoms with van der Waals surface area (Å²) in [5.41, 5.74) is 3.90. The molecular weight excluding hydrogens is 534 g/mol. The molecular formula is C38H37NO4. The zero-order valence-electron chi connectivity index (χ0n) is 25.4. The number of anilines is 1. The monoisotopic (exact) mass is 571 g/mol. The third kappa shape index (κ3) is 5.43. The van der Waals surface area contributed by atoms with Crippen LogP contribution in [0.5, 0.6) is 5.75 Å². The molecule has 0 saturated heterocycles. The number of esters is 1. The Balaban J connectivity index is 1.39. The highest BCUT2D eigenvalue weighted by Crippen LogP contribution is 2.43. The second-order valence-electron chi connectivity index (χ2n) is 12.0. The molecule has 6 rings (SSSR count). The van der Waals surface area contributed by atoms with Crippen LogP contribution in [0.1, 0.15) is 43.6 Å². The second-order valence-corrected chi connectivity index (χ2v) is 12.0. The van der Waals surface area contributed by atoms with E-state index in [1.165, 1.54) is 0 Å². The van der Waals surface area contributed by atoms with E-state index < -0.39 is 6.10 Å². The van der Waals surface area contributed by atoms with Gasteiger partial charge in [-0.3, -0.25) is 0 Å². The standard InChI is InChI=1S/C38H37NO4/c1-6-24-14-11-15-27-22-33(43-36(24)27)39-23-32(38(2,3)4)42-37(40)30-20-18-25-12-7-9-16-28(25)34(30)35-29-17-10-8-13-26(29)19-21-31(35)41-5/h7-22,32,39H,6,23H2,1-5H3. The number of fused-ring (bicyclic) bond motifs is 3.